The molecule has 0 aliphatic carbocycles. The van der Waals surface area contributed by atoms with Crippen LogP contribution in [-0.2, 0) is 4.79 Å². The third-order valence-corrected chi connectivity index (χ3v) is 3.47. The van der Waals surface area contributed by atoms with Crippen molar-refractivity contribution in [2.45, 2.75) is 12.5 Å². The average molecular weight is 313 g/mol. The number of methoxy groups -OCH3 is 2. The van der Waals surface area contributed by atoms with Gasteiger partial charge in [-0.3, -0.25) is 4.79 Å². The molecule has 0 aromatic heterocycles. The van der Waals surface area contributed by atoms with Crippen LogP contribution in [0.15, 0.2) is 18.2 Å². The molecule has 1 unspecified atom stereocenters. The molecule has 0 radical (unpaired) electrons. The van der Waals surface area contributed by atoms with Crippen LogP contribution in [-0.4, -0.2) is 49.3 Å². The van der Waals surface area contributed by atoms with E-state index in [0.717, 1.165) is 0 Å². The Kier molecular flexibility index (Phi) is 6.87. The van der Waals surface area contributed by atoms with E-state index in [0.29, 0.717) is 29.2 Å². The quantitative estimate of drug-likeness (QED) is 0.759. The summed E-state index contributed by atoms with van der Waals surface area (Å²) >= 11 is 1.53. The van der Waals surface area contributed by atoms with Crippen molar-refractivity contribution in [2.24, 2.45) is 0 Å². The first-order valence-corrected chi connectivity index (χ1v) is 7.67. The van der Waals surface area contributed by atoms with Gasteiger partial charge in [0.2, 0.25) is 0 Å². The minimum Gasteiger partial charge on any atom is -0.497 e. The Morgan fingerprint density at radius 2 is 1.81 bits per heavy atom. The largest absolute Gasteiger partial charge is 0.497 e. The fraction of sp³-hybridized carbons (Fsp3) is 0.429. The zero-order valence-corrected chi connectivity index (χ0v) is 13.0. The highest BCUT2D eigenvalue weighted by molar-refractivity contribution is 7.98. The van der Waals surface area contributed by atoms with Gasteiger partial charge in [-0.2, -0.15) is 11.8 Å². The van der Waals surface area contributed by atoms with Gasteiger partial charge < -0.3 is 19.9 Å². The van der Waals surface area contributed by atoms with Gasteiger partial charge in [-0.05, 0) is 30.6 Å². The Balaban J connectivity index is 2.88. The molecule has 0 spiro atoms. The maximum atomic E-state index is 12.2. The van der Waals surface area contributed by atoms with E-state index in [-0.39, 0.29) is 0 Å². The summed E-state index contributed by atoms with van der Waals surface area (Å²) < 4.78 is 10.2. The molecule has 0 heterocycles. The van der Waals surface area contributed by atoms with Crippen LogP contribution in [0.1, 0.15) is 16.8 Å². The van der Waals surface area contributed by atoms with Gasteiger partial charge in [0.1, 0.15) is 17.5 Å². The Labute approximate surface area is 127 Å². The third kappa shape index (κ3) is 5.18. The second-order valence-corrected chi connectivity index (χ2v) is 5.23. The van der Waals surface area contributed by atoms with Gasteiger partial charge in [0.25, 0.3) is 5.91 Å². The fourth-order valence-electron chi connectivity index (χ4n) is 1.67. The van der Waals surface area contributed by atoms with E-state index < -0.39 is 17.9 Å². The molecule has 0 fully saturated rings. The molecule has 1 aromatic rings. The molecule has 2 N–H and O–H groups in total. The Morgan fingerprint density at radius 1 is 1.24 bits per heavy atom. The second kappa shape index (κ2) is 8.41. The lowest BCUT2D eigenvalue weighted by Crippen LogP contribution is -2.41. The maximum Gasteiger partial charge on any atom is 0.326 e. The number of thioether (sulfide) groups is 1. The Bertz CT molecular complexity index is 484. The zero-order valence-electron chi connectivity index (χ0n) is 12.2. The normalized spacial score (nSPS) is 11.6. The molecule has 1 rings (SSSR count). The number of carboxylic acid groups (broad SMARTS) is 1. The predicted molar refractivity (Wildman–Crippen MR) is 81.4 cm³/mol. The second-order valence-electron chi connectivity index (χ2n) is 4.25. The smallest absolute Gasteiger partial charge is 0.326 e. The molecule has 0 aliphatic rings. The number of benzene rings is 1. The molecule has 21 heavy (non-hydrogen) atoms. The topological polar surface area (TPSA) is 84.9 Å². The Hall–Kier alpha value is -1.89. The Morgan fingerprint density at radius 3 is 2.24 bits per heavy atom. The van der Waals surface area contributed by atoms with Gasteiger partial charge >= 0.3 is 5.97 Å². The summed E-state index contributed by atoms with van der Waals surface area (Å²) in [7, 11) is 2.96. The van der Waals surface area contributed by atoms with E-state index >= 15 is 0 Å². The van der Waals surface area contributed by atoms with Crippen molar-refractivity contribution in [3.8, 4) is 11.5 Å². The van der Waals surface area contributed by atoms with Gasteiger partial charge in [0.05, 0.1) is 14.2 Å². The fourth-order valence-corrected chi connectivity index (χ4v) is 2.14. The number of carbonyl (C=O) groups is 2. The average Bonchev–Trinajstić information content (AvgIpc) is 2.50. The highest BCUT2D eigenvalue weighted by Gasteiger charge is 2.20. The minimum absolute atomic E-state index is 0.293. The number of rotatable bonds is 8. The molecule has 1 aromatic carbocycles. The van der Waals surface area contributed by atoms with E-state index in [2.05, 4.69) is 5.32 Å². The lowest BCUT2D eigenvalue weighted by atomic mass is 10.1. The summed E-state index contributed by atoms with van der Waals surface area (Å²) in [6.45, 7) is 0. The van der Waals surface area contributed by atoms with Crippen LogP contribution in [0.4, 0.5) is 0 Å². The van der Waals surface area contributed by atoms with E-state index in [1.54, 1.807) is 6.07 Å². The lowest BCUT2D eigenvalue weighted by molar-refractivity contribution is -0.139. The van der Waals surface area contributed by atoms with Gasteiger partial charge in [-0.15, -0.1) is 0 Å². The van der Waals surface area contributed by atoms with Crippen molar-refractivity contribution in [1.82, 2.24) is 5.32 Å². The third-order valence-electron chi connectivity index (χ3n) is 2.83. The molecule has 7 heteroatoms. The molecule has 116 valence electrons. The van der Waals surface area contributed by atoms with Crippen molar-refractivity contribution in [2.75, 3.05) is 26.2 Å². The number of ether oxygens (including phenoxy) is 2. The number of nitrogens with one attached hydrogen (secondary N) is 1. The van der Waals surface area contributed by atoms with Gasteiger partial charge in [0.15, 0.2) is 0 Å². The number of hydrogen-bond acceptors (Lipinski definition) is 5. The van der Waals surface area contributed by atoms with Crippen molar-refractivity contribution in [3.63, 3.8) is 0 Å². The van der Waals surface area contributed by atoms with Crippen LogP contribution >= 0.6 is 11.8 Å². The monoisotopic (exact) mass is 313 g/mol. The van der Waals surface area contributed by atoms with Crippen molar-refractivity contribution in [1.29, 1.82) is 0 Å². The number of aliphatic carboxylic acids is 1. The first-order chi connectivity index (χ1) is 10.0. The molecular weight excluding hydrogens is 294 g/mol. The van der Waals surface area contributed by atoms with E-state index in [4.69, 9.17) is 14.6 Å². The number of amides is 1. The summed E-state index contributed by atoms with van der Waals surface area (Å²) in [5.74, 6) is 0.0672. The highest BCUT2D eigenvalue weighted by atomic mass is 32.2. The van der Waals surface area contributed by atoms with Crippen LogP contribution < -0.4 is 14.8 Å². The number of hydrogen-bond donors (Lipinski definition) is 2. The molecule has 0 aliphatic heterocycles. The SMILES string of the molecule is COc1cc(OC)cc(C(=O)NC(CCSC)C(=O)O)c1. The van der Waals surface area contributed by atoms with Crippen LogP contribution in [0.3, 0.4) is 0 Å². The van der Waals surface area contributed by atoms with E-state index in [1.165, 1.54) is 38.1 Å². The van der Waals surface area contributed by atoms with E-state index in [1.807, 2.05) is 6.26 Å². The van der Waals surface area contributed by atoms with Crippen LogP contribution in [0.2, 0.25) is 0 Å². The zero-order chi connectivity index (χ0) is 15.8. The summed E-state index contributed by atoms with van der Waals surface area (Å²) in [5, 5.41) is 11.6. The minimum atomic E-state index is -1.05. The van der Waals surface area contributed by atoms with Gasteiger partial charge in [-0.25, -0.2) is 4.79 Å². The predicted octanol–water partition coefficient (Wildman–Crippen LogP) is 1.64. The highest BCUT2D eigenvalue weighted by Crippen LogP contribution is 2.22. The summed E-state index contributed by atoms with van der Waals surface area (Å²) in [6.07, 6.45) is 2.25. The summed E-state index contributed by atoms with van der Waals surface area (Å²) in [5.41, 5.74) is 0.293. The number of carboxylic acids is 1. The standard InChI is InChI=1S/C14H19NO5S/c1-19-10-6-9(7-11(8-10)20-2)13(16)15-12(14(17)18)4-5-21-3/h6-8,12H,4-5H2,1-3H3,(H,15,16)(H,17,18). The molecule has 1 atom stereocenters. The van der Waals surface area contributed by atoms with E-state index in [9.17, 15) is 9.59 Å². The molecule has 0 saturated heterocycles. The van der Waals surface area contributed by atoms with Crippen LogP contribution in [0.25, 0.3) is 0 Å². The lowest BCUT2D eigenvalue weighted by Gasteiger charge is -2.15. The number of carbonyl (C=O) groups excluding carboxylic acids is 1. The van der Waals surface area contributed by atoms with Crippen LogP contribution in [0, 0.1) is 0 Å². The van der Waals surface area contributed by atoms with Gasteiger partial charge in [0, 0.05) is 11.6 Å². The summed E-state index contributed by atoms with van der Waals surface area (Å²) in [6, 6.07) is 3.79. The molecular formula is C14H19NO5S. The van der Waals surface area contributed by atoms with Crippen LogP contribution in [0.5, 0.6) is 11.5 Å². The van der Waals surface area contributed by atoms with Crippen molar-refractivity contribution in [3.05, 3.63) is 23.8 Å². The molecule has 0 saturated carbocycles. The van der Waals surface area contributed by atoms with Crippen molar-refractivity contribution >= 4 is 23.6 Å². The van der Waals surface area contributed by atoms with Crippen molar-refractivity contribution < 1.29 is 24.2 Å². The summed E-state index contributed by atoms with van der Waals surface area (Å²) in [4.78, 5) is 23.3. The molecule has 6 nitrogen and oxygen atoms in total. The molecule has 0 bridgehead atoms. The molecule has 1 amide bonds. The van der Waals surface area contributed by atoms with Gasteiger partial charge in [-0.1, -0.05) is 0 Å². The maximum absolute atomic E-state index is 12.2. The first kappa shape index (κ1) is 17.2. The first-order valence-electron chi connectivity index (χ1n) is 6.27.